The number of thioether (sulfide) groups is 1. The number of para-hydroxylation sites is 1. The highest BCUT2D eigenvalue weighted by atomic mass is 79.9. The zero-order valence-corrected chi connectivity index (χ0v) is 22.3. The summed E-state index contributed by atoms with van der Waals surface area (Å²) in [4.78, 5) is 12.6. The van der Waals surface area contributed by atoms with Crippen molar-refractivity contribution in [1.29, 1.82) is 0 Å². The molecule has 184 valence electrons. The molecule has 36 heavy (non-hydrogen) atoms. The zero-order chi connectivity index (χ0) is 25.5. The van der Waals surface area contributed by atoms with Gasteiger partial charge in [0, 0.05) is 15.7 Å². The molecule has 0 radical (unpaired) electrons. The van der Waals surface area contributed by atoms with Gasteiger partial charge in [-0.25, -0.2) is 5.43 Å². The summed E-state index contributed by atoms with van der Waals surface area (Å²) in [6.45, 7) is 1.84. The normalized spacial score (nSPS) is 11.3. The van der Waals surface area contributed by atoms with Gasteiger partial charge in [-0.2, -0.15) is 5.10 Å². The molecule has 8 nitrogen and oxygen atoms in total. The molecular formula is C26H24BrN5O3S. The third kappa shape index (κ3) is 5.95. The van der Waals surface area contributed by atoms with Gasteiger partial charge in [0.1, 0.15) is 0 Å². The Kier molecular flexibility index (Phi) is 8.40. The minimum absolute atomic E-state index is 0.117. The fourth-order valence-electron chi connectivity index (χ4n) is 3.42. The lowest BCUT2D eigenvalue weighted by Crippen LogP contribution is -2.21. The largest absolute Gasteiger partial charge is 0.493 e. The van der Waals surface area contributed by atoms with E-state index in [1.807, 2.05) is 84.3 Å². The smallest absolute Gasteiger partial charge is 0.250 e. The van der Waals surface area contributed by atoms with Crippen LogP contribution >= 0.6 is 27.7 Å². The van der Waals surface area contributed by atoms with Crippen LogP contribution in [0, 0.1) is 0 Å². The number of nitrogens with zero attached hydrogens (tertiary/aromatic N) is 4. The van der Waals surface area contributed by atoms with Crippen molar-refractivity contribution in [2.75, 3.05) is 20.0 Å². The maximum Gasteiger partial charge on any atom is 0.250 e. The molecule has 1 aromatic heterocycles. The highest BCUT2D eigenvalue weighted by Gasteiger charge is 2.18. The Morgan fingerprint density at radius 2 is 1.78 bits per heavy atom. The van der Waals surface area contributed by atoms with Crippen LogP contribution < -0.4 is 14.9 Å². The lowest BCUT2D eigenvalue weighted by molar-refractivity contribution is -0.118. The molecule has 0 spiro atoms. The SMILES string of the molecule is COc1ccc(-c2nnc(SCC(=O)N/N=C(/C)c3cccc(Br)c3)n2-c2ccccc2)cc1OC. The molecule has 4 aromatic rings. The van der Waals surface area contributed by atoms with Gasteiger partial charge in [-0.05, 0) is 55.0 Å². The molecule has 3 aromatic carbocycles. The Morgan fingerprint density at radius 1 is 1.00 bits per heavy atom. The van der Waals surface area contributed by atoms with Gasteiger partial charge < -0.3 is 9.47 Å². The van der Waals surface area contributed by atoms with Crippen molar-refractivity contribution in [3.05, 3.63) is 82.8 Å². The number of hydrazone groups is 1. The van der Waals surface area contributed by atoms with E-state index in [0.29, 0.717) is 28.2 Å². The van der Waals surface area contributed by atoms with Crippen LogP contribution in [0.5, 0.6) is 11.5 Å². The van der Waals surface area contributed by atoms with Gasteiger partial charge >= 0.3 is 0 Å². The van der Waals surface area contributed by atoms with E-state index in [-0.39, 0.29) is 11.7 Å². The van der Waals surface area contributed by atoms with Crippen LogP contribution in [-0.2, 0) is 4.79 Å². The number of benzene rings is 3. The molecule has 0 saturated carbocycles. The molecule has 10 heteroatoms. The van der Waals surface area contributed by atoms with Gasteiger partial charge in [0.25, 0.3) is 5.91 Å². The Labute approximate surface area is 221 Å². The van der Waals surface area contributed by atoms with Crippen LogP contribution in [0.2, 0.25) is 0 Å². The fraction of sp³-hybridized carbons (Fsp3) is 0.154. The summed E-state index contributed by atoms with van der Waals surface area (Å²) in [5, 5.41) is 13.6. The van der Waals surface area contributed by atoms with Crippen LogP contribution in [0.15, 0.2) is 87.5 Å². The second kappa shape index (κ2) is 11.9. The number of amides is 1. The first-order valence-corrected chi connectivity index (χ1v) is 12.7. The van der Waals surface area contributed by atoms with Crippen molar-refractivity contribution in [3.8, 4) is 28.6 Å². The molecule has 0 fully saturated rings. The summed E-state index contributed by atoms with van der Waals surface area (Å²) in [6.07, 6.45) is 0. The molecule has 0 saturated heterocycles. The molecule has 1 N–H and O–H groups in total. The van der Waals surface area contributed by atoms with Gasteiger partial charge in [-0.1, -0.05) is 58.0 Å². The van der Waals surface area contributed by atoms with E-state index in [0.717, 1.165) is 21.3 Å². The Morgan fingerprint density at radius 3 is 2.50 bits per heavy atom. The predicted octanol–water partition coefficient (Wildman–Crippen LogP) is 5.35. The van der Waals surface area contributed by atoms with Crippen LogP contribution in [0.1, 0.15) is 12.5 Å². The van der Waals surface area contributed by atoms with Crippen LogP contribution in [-0.4, -0.2) is 46.4 Å². The lowest BCUT2D eigenvalue weighted by Gasteiger charge is -2.12. The number of methoxy groups -OCH3 is 2. The second-order valence-corrected chi connectivity index (χ2v) is 9.44. The second-order valence-electron chi connectivity index (χ2n) is 7.58. The van der Waals surface area contributed by atoms with Gasteiger partial charge in [-0.3, -0.25) is 9.36 Å². The molecule has 0 aliphatic heterocycles. The first-order valence-electron chi connectivity index (χ1n) is 10.9. The molecule has 0 aliphatic carbocycles. The number of nitrogens with one attached hydrogen (secondary N) is 1. The number of hydrogen-bond acceptors (Lipinski definition) is 7. The Balaban J connectivity index is 1.56. The van der Waals surface area contributed by atoms with E-state index >= 15 is 0 Å². The minimum atomic E-state index is -0.246. The maximum absolute atomic E-state index is 12.6. The van der Waals surface area contributed by atoms with Crippen molar-refractivity contribution < 1.29 is 14.3 Å². The molecule has 0 unspecified atom stereocenters. The summed E-state index contributed by atoms with van der Waals surface area (Å²) >= 11 is 4.72. The van der Waals surface area contributed by atoms with Gasteiger partial charge in [0.2, 0.25) is 0 Å². The molecule has 4 rings (SSSR count). The number of carbonyl (C=O) groups excluding carboxylic acids is 1. The highest BCUT2D eigenvalue weighted by Crippen LogP contribution is 2.34. The summed E-state index contributed by atoms with van der Waals surface area (Å²) < 4.78 is 13.7. The first-order chi connectivity index (χ1) is 17.5. The molecule has 1 heterocycles. The quantitative estimate of drug-likeness (QED) is 0.167. The van der Waals surface area contributed by atoms with Crippen molar-refractivity contribution >= 4 is 39.3 Å². The van der Waals surface area contributed by atoms with Gasteiger partial charge in [-0.15, -0.1) is 10.2 Å². The highest BCUT2D eigenvalue weighted by molar-refractivity contribution is 9.10. The summed E-state index contributed by atoms with van der Waals surface area (Å²) in [5.41, 5.74) is 5.92. The van der Waals surface area contributed by atoms with Crippen LogP contribution in [0.25, 0.3) is 17.1 Å². The average Bonchev–Trinajstić information content (AvgIpc) is 3.34. The van der Waals surface area contributed by atoms with E-state index in [4.69, 9.17) is 9.47 Å². The van der Waals surface area contributed by atoms with Crippen molar-refractivity contribution in [1.82, 2.24) is 20.2 Å². The number of hydrogen-bond donors (Lipinski definition) is 1. The molecule has 0 atom stereocenters. The third-order valence-electron chi connectivity index (χ3n) is 5.21. The van der Waals surface area contributed by atoms with Crippen molar-refractivity contribution in [3.63, 3.8) is 0 Å². The monoisotopic (exact) mass is 565 g/mol. The minimum Gasteiger partial charge on any atom is -0.493 e. The first kappa shape index (κ1) is 25.5. The van der Waals surface area contributed by atoms with E-state index < -0.39 is 0 Å². The third-order valence-corrected chi connectivity index (χ3v) is 6.63. The van der Waals surface area contributed by atoms with E-state index in [1.54, 1.807) is 14.2 Å². The van der Waals surface area contributed by atoms with Crippen LogP contribution in [0.3, 0.4) is 0 Å². The number of halogens is 1. The molecular weight excluding hydrogens is 542 g/mol. The van der Waals surface area contributed by atoms with Crippen molar-refractivity contribution in [2.24, 2.45) is 5.10 Å². The van der Waals surface area contributed by atoms with Gasteiger partial charge in [0.05, 0.1) is 25.7 Å². The molecule has 0 aliphatic rings. The number of rotatable bonds is 9. The summed E-state index contributed by atoms with van der Waals surface area (Å²) in [7, 11) is 3.18. The van der Waals surface area contributed by atoms with E-state index in [1.165, 1.54) is 11.8 Å². The van der Waals surface area contributed by atoms with Crippen molar-refractivity contribution in [2.45, 2.75) is 12.1 Å². The topological polar surface area (TPSA) is 90.6 Å². The Bertz CT molecular complexity index is 1390. The van der Waals surface area contributed by atoms with E-state index in [9.17, 15) is 4.79 Å². The fourth-order valence-corrected chi connectivity index (χ4v) is 4.57. The molecule has 0 bridgehead atoms. The standard InChI is InChI=1S/C26H24BrN5O3S/c1-17(18-8-7-9-20(27)14-18)28-29-24(33)16-36-26-31-30-25(32(26)21-10-5-4-6-11-21)19-12-13-22(34-2)23(15-19)35-3/h4-15H,16H2,1-3H3,(H,29,33)/b28-17-. The number of aromatic nitrogens is 3. The van der Waals surface area contributed by atoms with Gasteiger partial charge in [0.15, 0.2) is 22.5 Å². The van der Waals surface area contributed by atoms with E-state index in [2.05, 4.69) is 36.7 Å². The Hall–Kier alpha value is -3.63. The number of carbonyl (C=O) groups is 1. The lowest BCUT2D eigenvalue weighted by atomic mass is 10.1. The predicted molar refractivity (Wildman–Crippen MR) is 145 cm³/mol. The maximum atomic E-state index is 12.6. The summed E-state index contributed by atoms with van der Waals surface area (Å²) in [5.74, 6) is 1.70. The van der Waals surface area contributed by atoms with Crippen LogP contribution in [0.4, 0.5) is 0 Å². The average molecular weight is 566 g/mol. The summed E-state index contributed by atoms with van der Waals surface area (Å²) in [6, 6.07) is 23.0. The number of ether oxygens (including phenoxy) is 2. The zero-order valence-electron chi connectivity index (χ0n) is 19.9. The molecule has 1 amide bonds.